The molecule has 1 fully saturated rings. The largest absolute Gasteiger partial charge is 0.453 e. The molecule has 3 aromatic rings. The highest BCUT2D eigenvalue weighted by molar-refractivity contribution is 7.11. The second-order valence-corrected chi connectivity index (χ2v) is 10.1. The van der Waals surface area contributed by atoms with Crippen LogP contribution < -0.4 is 5.32 Å². The number of nitrogens with zero attached hydrogens (tertiary/aromatic N) is 5. The number of methoxy groups -OCH3 is 2. The highest BCUT2D eigenvalue weighted by atomic mass is 35.5. The number of ether oxygens (including phenoxy) is 2. The highest BCUT2D eigenvalue weighted by Crippen LogP contribution is 2.48. The van der Waals surface area contributed by atoms with E-state index in [9.17, 15) is 18.0 Å². The standard InChI is InChI=1S/C24H22ClF3N6O3S/c1-36-12-24(31-23(35)37-2)10-17-18(16-5-7-34(32-16)22(27)28)19(14-4-3-13(26)9-15(14)25)30-20(33(17)11-24)21-29-6-8-38-21/h3-9,19,22H,10-12H2,1-2H3,(H,31,35)/t19-,24+/m0/s1. The maximum absolute atomic E-state index is 14.0. The van der Waals surface area contributed by atoms with Crippen LogP contribution in [0, 0.1) is 5.82 Å². The van der Waals surface area contributed by atoms with Gasteiger partial charge in [-0.1, -0.05) is 17.7 Å². The third-order valence-corrected chi connectivity index (χ3v) is 7.42. The molecule has 0 radical (unpaired) electrons. The summed E-state index contributed by atoms with van der Waals surface area (Å²) >= 11 is 7.84. The average Bonchev–Trinajstić information content (AvgIpc) is 3.63. The first-order valence-corrected chi connectivity index (χ1v) is 12.6. The van der Waals surface area contributed by atoms with Gasteiger partial charge in [0.05, 0.1) is 31.5 Å². The first kappa shape index (κ1) is 26.2. The maximum atomic E-state index is 14.0. The van der Waals surface area contributed by atoms with Gasteiger partial charge in [-0.25, -0.2) is 18.9 Å². The van der Waals surface area contributed by atoms with E-state index in [1.807, 2.05) is 4.90 Å². The number of aromatic nitrogens is 3. The summed E-state index contributed by atoms with van der Waals surface area (Å²) in [5.41, 5.74) is 0.893. The van der Waals surface area contributed by atoms with Gasteiger partial charge < -0.3 is 19.7 Å². The van der Waals surface area contributed by atoms with Crippen LogP contribution in [0.3, 0.4) is 0 Å². The summed E-state index contributed by atoms with van der Waals surface area (Å²) in [5, 5.41) is 9.50. The molecule has 2 atom stereocenters. The van der Waals surface area contributed by atoms with E-state index in [1.54, 1.807) is 11.6 Å². The smallest absolute Gasteiger partial charge is 0.407 e. The number of hydrogen-bond donors (Lipinski definition) is 1. The number of carbonyl (C=O) groups excluding carboxylic acids is 1. The normalized spacial score (nSPS) is 21.1. The molecule has 200 valence electrons. The predicted octanol–water partition coefficient (Wildman–Crippen LogP) is 4.89. The molecule has 1 aromatic carbocycles. The van der Waals surface area contributed by atoms with Crippen LogP contribution in [0.15, 0.2) is 52.7 Å². The summed E-state index contributed by atoms with van der Waals surface area (Å²) in [6, 6.07) is 4.57. The number of fused-ring (bicyclic) bond motifs is 1. The lowest BCUT2D eigenvalue weighted by molar-refractivity contribution is 0.0564. The van der Waals surface area contributed by atoms with Gasteiger partial charge in [0.2, 0.25) is 0 Å². The Morgan fingerprint density at radius 2 is 2.16 bits per heavy atom. The van der Waals surface area contributed by atoms with Gasteiger partial charge in [0.25, 0.3) is 0 Å². The van der Waals surface area contributed by atoms with Gasteiger partial charge in [-0.15, -0.1) is 11.3 Å². The van der Waals surface area contributed by atoms with Crippen LogP contribution in [0.25, 0.3) is 5.57 Å². The third-order valence-electron chi connectivity index (χ3n) is 6.32. The van der Waals surface area contributed by atoms with Gasteiger partial charge in [0.1, 0.15) is 11.9 Å². The molecule has 1 saturated heterocycles. The van der Waals surface area contributed by atoms with Crippen LogP contribution >= 0.6 is 22.9 Å². The molecule has 14 heteroatoms. The zero-order valence-electron chi connectivity index (χ0n) is 20.2. The Kier molecular flexibility index (Phi) is 7.16. The number of hydrogen-bond acceptors (Lipinski definition) is 8. The van der Waals surface area contributed by atoms with Crippen molar-refractivity contribution < 1.29 is 27.4 Å². The van der Waals surface area contributed by atoms with Gasteiger partial charge in [0, 0.05) is 53.2 Å². The van der Waals surface area contributed by atoms with E-state index in [1.165, 1.54) is 56.0 Å². The van der Waals surface area contributed by atoms with Crippen molar-refractivity contribution in [2.24, 2.45) is 4.99 Å². The Morgan fingerprint density at radius 1 is 1.34 bits per heavy atom. The average molecular weight is 567 g/mol. The fraction of sp³-hybridized carbons (Fsp3) is 0.333. The first-order chi connectivity index (χ1) is 18.2. The molecule has 1 N–H and O–H groups in total. The molecule has 0 aliphatic carbocycles. The lowest BCUT2D eigenvalue weighted by atomic mass is 9.90. The van der Waals surface area contributed by atoms with Crippen LogP contribution in [0.1, 0.15) is 35.3 Å². The molecule has 9 nitrogen and oxygen atoms in total. The van der Waals surface area contributed by atoms with E-state index in [-0.39, 0.29) is 30.3 Å². The fourth-order valence-corrected chi connectivity index (χ4v) is 5.73. The second kappa shape index (κ2) is 10.4. The van der Waals surface area contributed by atoms with Crippen molar-refractivity contribution in [3.05, 3.63) is 74.8 Å². The van der Waals surface area contributed by atoms with E-state index in [0.29, 0.717) is 32.4 Å². The number of nitrogens with one attached hydrogen (secondary N) is 1. The van der Waals surface area contributed by atoms with Gasteiger partial charge in [-0.05, 0) is 18.2 Å². The zero-order valence-corrected chi connectivity index (χ0v) is 21.8. The van der Waals surface area contributed by atoms with E-state index in [4.69, 9.17) is 26.1 Å². The lowest BCUT2D eigenvalue weighted by Gasteiger charge is -2.32. The highest BCUT2D eigenvalue weighted by Gasteiger charge is 2.49. The molecule has 1 amide bonds. The molecular weight excluding hydrogens is 545 g/mol. The van der Waals surface area contributed by atoms with E-state index in [2.05, 4.69) is 15.4 Å². The van der Waals surface area contributed by atoms with Crippen molar-refractivity contribution in [2.45, 2.75) is 24.6 Å². The minimum Gasteiger partial charge on any atom is -0.453 e. The Bertz CT molecular complexity index is 1410. The van der Waals surface area contributed by atoms with Crippen LogP contribution in [-0.2, 0) is 9.47 Å². The van der Waals surface area contributed by atoms with Crippen molar-refractivity contribution in [1.29, 1.82) is 0 Å². The maximum Gasteiger partial charge on any atom is 0.407 e. The Morgan fingerprint density at radius 3 is 2.79 bits per heavy atom. The molecule has 2 aliphatic rings. The molecule has 0 saturated carbocycles. The summed E-state index contributed by atoms with van der Waals surface area (Å²) in [4.78, 5) is 23.6. The Balaban J connectivity index is 1.75. The van der Waals surface area contributed by atoms with Gasteiger partial charge in [-0.3, -0.25) is 4.99 Å². The van der Waals surface area contributed by atoms with Crippen LogP contribution in [-0.4, -0.2) is 64.5 Å². The summed E-state index contributed by atoms with van der Waals surface area (Å²) < 4.78 is 51.8. The summed E-state index contributed by atoms with van der Waals surface area (Å²) in [6.45, 7) is -2.51. The summed E-state index contributed by atoms with van der Waals surface area (Å²) in [7, 11) is 2.77. The molecule has 2 aliphatic heterocycles. The number of alkyl halides is 2. The predicted molar refractivity (Wildman–Crippen MR) is 135 cm³/mol. The number of amidine groups is 1. The minimum atomic E-state index is -2.85. The molecule has 0 unspecified atom stereocenters. The molecule has 5 rings (SSSR count). The van der Waals surface area contributed by atoms with Gasteiger partial charge >= 0.3 is 12.6 Å². The number of carbonyl (C=O) groups is 1. The number of aliphatic imine (C=N–C) groups is 1. The third kappa shape index (κ3) is 4.76. The Hall–Kier alpha value is -3.42. The second-order valence-electron chi connectivity index (χ2n) is 8.77. The molecule has 4 heterocycles. The van der Waals surface area contributed by atoms with Crippen molar-refractivity contribution in [3.8, 4) is 0 Å². The number of benzene rings is 1. The Labute approximate surface area is 224 Å². The van der Waals surface area contributed by atoms with Crippen LogP contribution in [0.5, 0.6) is 0 Å². The summed E-state index contributed by atoms with van der Waals surface area (Å²) in [6.07, 6.45) is 2.38. The molecule has 2 aromatic heterocycles. The zero-order chi connectivity index (χ0) is 27.0. The topological polar surface area (TPSA) is 93.9 Å². The number of amides is 1. The van der Waals surface area contributed by atoms with Crippen molar-refractivity contribution >= 4 is 40.4 Å². The number of rotatable bonds is 7. The molecule has 38 heavy (non-hydrogen) atoms. The molecule has 0 bridgehead atoms. The van der Waals surface area contributed by atoms with Crippen molar-refractivity contribution in [3.63, 3.8) is 0 Å². The van der Waals surface area contributed by atoms with Crippen LogP contribution in [0.4, 0.5) is 18.0 Å². The number of alkyl carbamates (subject to hydrolysis) is 1. The number of thiazole rings is 1. The van der Waals surface area contributed by atoms with E-state index >= 15 is 0 Å². The van der Waals surface area contributed by atoms with E-state index in [0.717, 1.165) is 0 Å². The lowest BCUT2D eigenvalue weighted by Crippen LogP contribution is -2.54. The fourth-order valence-electron chi connectivity index (χ4n) is 4.82. The number of halogens is 4. The minimum absolute atomic E-state index is 0.117. The van der Waals surface area contributed by atoms with E-state index < -0.39 is 30.0 Å². The van der Waals surface area contributed by atoms with Crippen LogP contribution in [0.2, 0.25) is 5.02 Å². The SMILES string of the molecule is COC[C@@]1(NC(=O)OC)CC2=C(c3ccn(C(F)F)n3)[C@H](c3ccc(F)cc3Cl)N=C(c3nccs3)N2C1. The van der Waals surface area contributed by atoms with Crippen molar-refractivity contribution in [1.82, 2.24) is 25.0 Å². The molecule has 0 spiro atoms. The van der Waals surface area contributed by atoms with Crippen molar-refractivity contribution in [2.75, 3.05) is 27.4 Å². The monoisotopic (exact) mass is 566 g/mol. The summed E-state index contributed by atoms with van der Waals surface area (Å²) in [5.74, 6) is -0.0409. The van der Waals surface area contributed by atoms with Gasteiger partial charge in [-0.2, -0.15) is 13.9 Å². The quantitative estimate of drug-likeness (QED) is 0.438. The first-order valence-electron chi connectivity index (χ1n) is 11.4. The van der Waals surface area contributed by atoms with Gasteiger partial charge in [0.15, 0.2) is 10.8 Å². The molecular formula is C24H22ClF3N6O3S.